The molecule has 14 rings (SSSR count). The highest BCUT2D eigenvalue weighted by Crippen LogP contribution is 2.46. The fourth-order valence-electron chi connectivity index (χ4n) is 9.84. The first-order chi connectivity index (χ1) is 29.2. The zero-order valence-electron chi connectivity index (χ0n) is 31.3. The number of thiophene rings is 1. The second kappa shape index (κ2) is 11.5. The van der Waals surface area contributed by atoms with Crippen molar-refractivity contribution in [1.82, 2.24) is 4.57 Å². The van der Waals surface area contributed by atoms with Crippen LogP contribution >= 0.6 is 11.3 Å². The van der Waals surface area contributed by atoms with Crippen LogP contribution in [0.1, 0.15) is 0 Å². The number of benzene rings is 9. The topological polar surface area (TPSA) is 44.4 Å². The van der Waals surface area contributed by atoms with Crippen LogP contribution in [0.15, 0.2) is 189 Å². The van der Waals surface area contributed by atoms with Gasteiger partial charge in [-0.05, 0) is 65.7 Å². The lowest BCUT2D eigenvalue weighted by Gasteiger charge is -2.08. The average Bonchev–Trinajstić information content (AvgIpc) is 4.10. The zero-order chi connectivity index (χ0) is 38.3. The first kappa shape index (κ1) is 31.5. The van der Waals surface area contributed by atoms with Crippen LogP contribution in [-0.2, 0) is 0 Å². The van der Waals surface area contributed by atoms with Gasteiger partial charge < -0.3 is 17.8 Å². The normalized spacial score (nSPS) is 12.4. The summed E-state index contributed by atoms with van der Waals surface area (Å²) in [6.07, 6.45) is 0. The van der Waals surface area contributed by atoms with Crippen LogP contribution in [0.25, 0.3) is 136 Å². The van der Waals surface area contributed by atoms with E-state index in [1.807, 2.05) is 11.3 Å². The summed E-state index contributed by atoms with van der Waals surface area (Å²) in [5.41, 5.74) is 12.9. The van der Waals surface area contributed by atoms with Crippen molar-refractivity contribution in [3.8, 4) is 27.9 Å². The van der Waals surface area contributed by atoms with E-state index in [4.69, 9.17) is 13.3 Å². The van der Waals surface area contributed by atoms with Gasteiger partial charge in [-0.3, -0.25) is 0 Å². The monoisotopic (exact) mass is 771 g/mol. The Hall–Kier alpha value is -7.60. The summed E-state index contributed by atoms with van der Waals surface area (Å²) in [7, 11) is 0. The predicted molar refractivity (Wildman–Crippen MR) is 246 cm³/mol. The Morgan fingerprint density at radius 2 is 0.966 bits per heavy atom. The van der Waals surface area contributed by atoms with Gasteiger partial charge in [0.15, 0.2) is 5.58 Å². The fraction of sp³-hybridized carbons (Fsp3) is 0. The maximum absolute atomic E-state index is 6.88. The maximum Gasteiger partial charge on any atom is 0.159 e. The quantitative estimate of drug-likeness (QED) is 0.180. The summed E-state index contributed by atoms with van der Waals surface area (Å²) in [4.78, 5) is 0. The van der Waals surface area contributed by atoms with Crippen molar-refractivity contribution in [1.29, 1.82) is 0 Å². The first-order valence-corrected chi connectivity index (χ1v) is 20.7. The Morgan fingerprint density at radius 3 is 1.81 bits per heavy atom. The largest absolute Gasteiger partial charge is 0.456 e. The van der Waals surface area contributed by atoms with E-state index < -0.39 is 0 Å². The van der Waals surface area contributed by atoms with Gasteiger partial charge in [0.2, 0.25) is 0 Å². The minimum absolute atomic E-state index is 0.826. The number of hydrogen-bond donors (Lipinski definition) is 0. The molecule has 0 fully saturated rings. The number of fused-ring (bicyclic) bond motifs is 15. The Bertz CT molecular complexity index is 4040. The molecule has 5 heteroatoms. The molecule has 0 atom stereocenters. The molecule has 0 spiro atoms. The molecular weight excluding hydrogens is 743 g/mol. The molecular formula is C54H29NO3S. The summed E-state index contributed by atoms with van der Waals surface area (Å²) in [6, 6.07) is 62.6. The third kappa shape index (κ3) is 4.26. The van der Waals surface area contributed by atoms with E-state index in [2.05, 4.69) is 180 Å². The molecule has 0 amide bonds. The summed E-state index contributed by atoms with van der Waals surface area (Å²) in [5, 5.41) is 11.4. The van der Waals surface area contributed by atoms with Crippen molar-refractivity contribution in [2.75, 3.05) is 0 Å². The summed E-state index contributed by atoms with van der Waals surface area (Å²) in [5.74, 6) is 0. The zero-order valence-corrected chi connectivity index (χ0v) is 32.1. The lowest BCUT2D eigenvalue weighted by molar-refractivity contribution is 0.662. The molecule has 0 aliphatic heterocycles. The van der Waals surface area contributed by atoms with E-state index in [0.717, 1.165) is 99.2 Å². The number of hydrogen-bond acceptors (Lipinski definition) is 4. The van der Waals surface area contributed by atoms with Crippen molar-refractivity contribution in [2.45, 2.75) is 0 Å². The number of para-hydroxylation sites is 4. The van der Waals surface area contributed by atoms with Crippen molar-refractivity contribution >= 4 is 119 Å². The van der Waals surface area contributed by atoms with Gasteiger partial charge in [-0.25, -0.2) is 0 Å². The summed E-state index contributed by atoms with van der Waals surface area (Å²) >= 11 is 1.84. The predicted octanol–water partition coefficient (Wildman–Crippen LogP) is 16.2. The van der Waals surface area contributed by atoms with Crippen LogP contribution in [0.5, 0.6) is 0 Å². The van der Waals surface area contributed by atoms with Crippen molar-refractivity contribution < 1.29 is 13.3 Å². The van der Waals surface area contributed by atoms with Gasteiger partial charge >= 0.3 is 0 Å². The van der Waals surface area contributed by atoms with E-state index in [-0.39, 0.29) is 0 Å². The minimum atomic E-state index is 0.826. The molecule has 0 saturated carbocycles. The molecule has 274 valence electrons. The third-order valence-corrected chi connectivity index (χ3v) is 13.6. The summed E-state index contributed by atoms with van der Waals surface area (Å²) in [6.45, 7) is 0. The molecule has 5 aromatic heterocycles. The second-order valence-electron chi connectivity index (χ2n) is 15.5. The Morgan fingerprint density at radius 1 is 0.356 bits per heavy atom. The molecule has 14 aromatic rings. The lowest BCUT2D eigenvalue weighted by atomic mass is 9.97. The first-order valence-electron chi connectivity index (χ1n) is 19.9. The third-order valence-electron chi connectivity index (χ3n) is 12.4. The molecule has 0 aliphatic carbocycles. The van der Waals surface area contributed by atoms with Gasteiger partial charge in [0, 0.05) is 74.4 Å². The summed E-state index contributed by atoms with van der Waals surface area (Å²) < 4.78 is 25.3. The molecule has 59 heavy (non-hydrogen) atoms. The molecule has 0 aliphatic rings. The highest BCUT2D eigenvalue weighted by atomic mass is 32.1. The Balaban J connectivity index is 0.943. The van der Waals surface area contributed by atoms with E-state index in [1.54, 1.807) is 0 Å². The van der Waals surface area contributed by atoms with Crippen LogP contribution < -0.4 is 0 Å². The van der Waals surface area contributed by atoms with Crippen LogP contribution in [0, 0.1) is 0 Å². The molecule has 0 N–H and O–H groups in total. The van der Waals surface area contributed by atoms with Crippen LogP contribution in [0.3, 0.4) is 0 Å². The van der Waals surface area contributed by atoms with Gasteiger partial charge in [-0.2, -0.15) is 0 Å². The number of rotatable bonds is 3. The van der Waals surface area contributed by atoms with Gasteiger partial charge in [-0.15, -0.1) is 11.3 Å². The molecule has 0 saturated heterocycles. The fourth-order valence-corrected chi connectivity index (χ4v) is 11.1. The molecule has 0 radical (unpaired) electrons. The van der Waals surface area contributed by atoms with E-state index in [1.165, 1.54) is 36.5 Å². The molecule has 9 aromatic carbocycles. The van der Waals surface area contributed by atoms with Crippen molar-refractivity contribution in [3.05, 3.63) is 176 Å². The molecule has 4 nitrogen and oxygen atoms in total. The van der Waals surface area contributed by atoms with E-state index in [0.29, 0.717) is 0 Å². The highest BCUT2D eigenvalue weighted by Gasteiger charge is 2.22. The second-order valence-corrected chi connectivity index (χ2v) is 16.6. The average molecular weight is 772 g/mol. The van der Waals surface area contributed by atoms with Crippen molar-refractivity contribution in [2.24, 2.45) is 0 Å². The number of aromatic nitrogens is 1. The maximum atomic E-state index is 6.88. The van der Waals surface area contributed by atoms with Gasteiger partial charge in [0.1, 0.15) is 27.9 Å². The molecule has 5 heterocycles. The van der Waals surface area contributed by atoms with Crippen molar-refractivity contribution in [3.63, 3.8) is 0 Å². The lowest BCUT2D eigenvalue weighted by Crippen LogP contribution is -1.93. The highest BCUT2D eigenvalue weighted by molar-refractivity contribution is 7.26. The van der Waals surface area contributed by atoms with Gasteiger partial charge in [0.05, 0.1) is 16.7 Å². The number of nitrogens with zero attached hydrogens (tertiary/aromatic N) is 1. The van der Waals surface area contributed by atoms with Gasteiger partial charge in [0.25, 0.3) is 0 Å². The van der Waals surface area contributed by atoms with Crippen LogP contribution in [0.2, 0.25) is 0 Å². The number of furan rings is 3. The molecule has 0 unspecified atom stereocenters. The van der Waals surface area contributed by atoms with Crippen LogP contribution in [-0.4, -0.2) is 4.57 Å². The minimum Gasteiger partial charge on any atom is -0.456 e. The van der Waals surface area contributed by atoms with Crippen LogP contribution in [0.4, 0.5) is 0 Å². The Labute approximate surface area is 339 Å². The van der Waals surface area contributed by atoms with E-state index >= 15 is 0 Å². The Kier molecular flexibility index (Phi) is 6.14. The van der Waals surface area contributed by atoms with Gasteiger partial charge in [-0.1, -0.05) is 121 Å². The molecule has 0 bridgehead atoms. The smallest absolute Gasteiger partial charge is 0.159 e. The standard InChI is InChI=1S/C54H29NO3S/c1-4-20-43-32(11-1)33-12-2-5-21-44(33)55(43)45-22-9-17-38-41-28-49-42(29-48(41)58-53(38)45)51-31(14-10-23-46(51)56-49)30-25-26-34-36-15-7-16-37(52(36)57-47(34)27-30)40-19-8-18-39-35-13-3-6-24-50(35)59-54(39)40/h1-29H. The van der Waals surface area contributed by atoms with E-state index in [9.17, 15) is 0 Å². The SMILES string of the molecule is c1cc(-c2ccc3c(c2)oc2c(-c4cccc5c4sc4ccccc45)cccc23)c2c(c1)oc1cc3c(cc12)oc1c(-n2c4ccccc4c4ccccc42)cccc13.